The first-order valence-corrected chi connectivity index (χ1v) is 7.81. The third kappa shape index (κ3) is 3.81. The van der Waals surface area contributed by atoms with Crippen LogP contribution in [0.25, 0.3) is 0 Å². The summed E-state index contributed by atoms with van der Waals surface area (Å²) in [4.78, 5) is 0. The van der Waals surface area contributed by atoms with E-state index in [0.717, 1.165) is 16.5 Å². The zero-order chi connectivity index (χ0) is 14.5. The molecule has 2 rings (SSSR count). The van der Waals surface area contributed by atoms with E-state index >= 15 is 0 Å². The molecule has 0 bridgehead atoms. The van der Waals surface area contributed by atoms with Crippen molar-refractivity contribution in [1.29, 1.82) is 0 Å². The highest BCUT2D eigenvalue weighted by Crippen LogP contribution is 2.30. The summed E-state index contributed by atoms with van der Waals surface area (Å²) in [6.45, 7) is 0.404. The summed E-state index contributed by atoms with van der Waals surface area (Å²) in [5.41, 5.74) is 2.08. The van der Waals surface area contributed by atoms with Crippen LogP contribution in [0.3, 0.4) is 0 Å². The van der Waals surface area contributed by atoms with Crippen LogP contribution in [0.4, 0.5) is 0 Å². The number of ether oxygens (including phenoxy) is 2. The highest BCUT2D eigenvalue weighted by molar-refractivity contribution is 9.08. The van der Waals surface area contributed by atoms with Crippen LogP contribution in [0.2, 0.25) is 10.0 Å². The van der Waals surface area contributed by atoms with E-state index in [9.17, 15) is 0 Å². The molecule has 0 atom stereocenters. The van der Waals surface area contributed by atoms with Crippen molar-refractivity contribution in [3.05, 3.63) is 57.6 Å². The Morgan fingerprint density at radius 2 is 1.70 bits per heavy atom. The highest BCUT2D eigenvalue weighted by Gasteiger charge is 2.06. The number of hydrogen-bond donors (Lipinski definition) is 0. The topological polar surface area (TPSA) is 18.5 Å². The van der Waals surface area contributed by atoms with Gasteiger partial charge in [-0.15, -0.1) is 0 Å². The molecule has 0 fully saturated rings. The molecule has 106 valence electrons. The van der Waals surface area contributed by atoms with E-state index in [1.807, 2.05) is 24.3 Å². The Labute approximate surface area is 136 Å². The predicted octanol–water partition coefficient (Wildman–Crippen LogP) is 5.48. The molecule has 0 saturated carbocycles. The molecule has 0 amide bonds. The van der Waals surface area contributed by atoms with Crippen LogP contribution in [0.1, 0.15) is 11.1 Å². The molecular weight excluding hydrogens is 363 g/mol. The maximum absolute atomic E-state index is 5.98. The van der Waals surface area contributed by atoms with Gasteiger partial charge >= 0.3 is 0 Å². The molecule has 0 spiro atoms. The van der Waals surface area contributed by atoms with Gasteiger partial charge in [0.15, 0.2) is 11.5 Å². The van der Waals surface area contributed by atoms with Gasteiger partial charge in [0.1, 0.15) is 6.61 Å². The molecular formula is C15H13BrCl2O2. The quantitative estimate of drug-likeness (QED) is 0.644. The molecule has 20 heavy (non-hydrogen) atoms. The van der Waals surface area contributed by atoms with Crippen molar-refractivity contribution < 1.29 is 9.47 Å². The van der Waals surface area contributed by atoms with Crippen molar-refractivity contribution in [2.45, 2.75) is 11.9 Å². The Balaban J connectivity index is 2.12. The van der Waals surface area contributed by atoms with Gasteiger partial charge in [0.25, 0.3) is 0 Å². The Hall–Kier alpha value is -0.900. The lowest BCUT2D eigenvalue weighted by atomic mass is 10.2. The molecule has 2 aromatic rings. The van der Waals surface area contributed by atoms with Gasteiger partial charge in [0, 0.05) is 5.33 Å². The van der Waals surface area contributed by atoms with Gasteiger partial charge in [-0.3, -0.25) is 0 Å². The minimum absolute atomic E-state index is 0.404. The molecule has 0 aliphatic rings. The van der Waals surface area contributed by atoms with Crippen LogP contribution in [0.15, 0.2) is 36.4 Å². The average molecular weight is 376 g/mol. The van der Waals surface area contributed by atoms with Crippen LogP contribution in [-0.4, -0.2) is 7.11 Å². The first-order chi connectivity index (χ1) is 9.63. The lowest BCUT2D eigenvalue weighted by Crippen LogP contribution is -1.98. The van der Waals surface area contributed by atoms with E-state index in [-0.39, 0.29) is 0 Å². The van der Waals surface area contributed by atoms with Crippen LogP contribution < -0.4 is 9.47 Å². The molecule has 0 radical (unpaired) electrons. The fourth-order valence-corrected chi connectivity index (χ4v) is 2.37. The summed E-state index contributed by atoms with van der Waals surface area (Å²) < 4.78 is 11.1. The van der Waals surface area contributed by atoms with Gasteiger partial charge in [0.2, 0.25) is 0 Å². The van der Waals surface area contributed by atoms with Gasteiger partial charge in [-0.2, -0.15) is 0 Å². The minimum Gasteiger partial charge on any atom is -0.493 e. The predicted molar refractivity (Wildman–Crippen MR) is 86.4 cm³/mol. The van der Waals surface area contributed by atoms with Crippen LogP contribution >= 0.6 is 39.1 Å². The van der Waals surface area contributed by atoms with Crippen LogP contribution in [-0.2, 0) is 11.9 Å². The summed E-state index contributed by atoms with van der Waals surface area (Å²) in [5.74, 6) is 1.41. The van der Waals surface area contributed by atoms with Crippen LogP contribution in [0.5, 0.6) is 11.5 Å². The fourth-order valence-electron chi connectivity index (χ4n) is 1.70. The molecule has 2 nitrogen and oxygen atoms in total. The van der Waals surface area contributed by atoms with Crippen molar-refractivity contribution in [3.63, 3.8) is 0 Å². The first kappa shape index (κ1) is 15.5. The molecule has 0 N–H and O–H groups in total. The second-order valence-corrected chi connectivity index (χ2v) is 5.53. The SMILES string of the molecule is COc1cc(CBr)ccc1OCc1ccc(Cl)c(Cl)c1. The van der Waals surface area contributed by atoms with E-state index in [0.29, 0.717) is 28.2 Å². The molecule has 0 saturated heterocycles. The standard InChI is InChI=1S/C15H13BrCl2O2/c1-19-15-7-10(8-16)3-5-14(15)20-9-11-2-4-12(17)13(18)6-11/h2-7H,8-9H2,1H3. The summed E-state index contributed by atoms with van der Waals surface area (Å²) >= 11 is 15.3. The lowest BCUT2D eigenvalue weighted by molar-refractivity contribution is 0.284. The van der Waals surface area contributed by atoms with Gasteiger partial charge in [-0.25, -0.2) is 0 Å². The zero-order valence-corrected chi connectivity index (χ0v) is 13.9. The monoisotopic (exact) mass is 374 g/mol. The maximum Gasteiger partial charge on any atom is 0.161 e. The molecule has 2 aromatic carbocycles. The second kappa shape index (κ2) is 7.21. The molecule has 0 aromatic heterocycles. The average Bonchev–Trinajstić information content (AvgIpc) is 2.48. The second-order valence-electron chi connectivity index (χ2n) is 4.16. The summed E-state index contributed by atoms with van der Waals surface area (Å²) in [5, 5.41) is 1.83. The van der Waals surface area contributed by atoms with Crippen LogP contribution in [0, 0.1) is 0 Å². The van der Waals surface area contributed by atoms with E-state index in [1.54, 1.807) is 19.2 Å². The third-order valence-corrected chi connectivity index (χ3v) is 4.15. The van der Waals surface area contributed by atoms with Crippen molar-refractivity contribution in [1.82, 2.24) is 0 Å². The lowest BCUT2D eigenvalue weighted by Gasteiger charge is -2.12. The van der Waals surface area contributed by atoms with Crippen molar-refractivity contribution in [3.8, 4) is 11.5 Å². The third-order valence-electron chi connectivity index (χ3n) is 2.76. The fraction of sp³-hybridized carbons (Fsp3) is 0.200. The van der Waals surface area contributed by atoms with Crippen molar-refractivity contribution in [2.24, 2.45) is 0 Å². The number of methoxy groups -OCH3 is 1. The number of benzene rings is 2. The number of hydrogen-bond acceptors (Lipinski definition) is 2. The van der Waals surface area contributed by atoms with E-state index in [1.165, 1.54) is 0 Å². The summed E-state index contributed by atoms with van der Waals surface area (Å²) in [6.07, 6.45) is 0. The molecule has 5 heteroatoms. The zero-order valence-electron chi connectivity index (χ0n) is 10.8. The molecule has 0 aliphatic carbocycles. The molecule has 0 unspecified atom stereocenters. The molecule has 0 aliphatic heterocycles. The summed E-state index contributed by atoms with van der Waals surface area (Å²) in [6, 6.07) is 11.3. The Bertz CT molecular complexity index is 602. The van der Waals surface area contributed by atoms with E-state index in [2.05, 4.69) is 15.9 Å². The van der Waals surface area contributed by atoms with Gasteiger partial charge < -0.3 is 9.47 Å². The smallest absolute Gasteiger partial charge is 0.161 e. The first-order valence-electron chi connectivity index (χ1n) is 5.93. The van der Waals surface area contributed by atoms with Crippen molar-refractivity contribution in [2.75, 3.05) is 7.11 Å². The molecule has 0 heterocycles. The highest BCUT2D eigenvalue weighted by atomic mass is 79.9. The summed E-state index contributed by atoms with van der Waals surface area (Å²) in [7, 11) is 1.62. The Kier molecular flexibility index (Phi) is 5.58. The maximum atomic E-state index is 5.98. The van der Waals surface area contributed by atoms with Gasteiger partial charge in [0.05, 0.1) is 17.2 Å². The normalized spacial score (nSPS) is 10.4. The minimum atomic E-state index is 0.404. The van der Waals surface area contributed by atoms with E-state index < -0.39 is 0 Å². The van der Waals surface area contributed by atoms with Gasteiger partial charge in [-0.05, 0) is 35.4 Å². The number of rotatable bonds is 5. The van der Waals surface area contributed by atoms with Gasteiger partial charge in [-0.1, -0.05) is 51.3 Å². The number of halogens is 3. The number of alkyl halides is 1. The Morgan fingerprint density at radius 1 is 0.950 bits per heavy atom. The largest absolute Gasteiger partial charge is 0.493 e. The van der Waals surface area contributed by atoms with Crippen molar-refractivity contribution >= 4 is 39.1 Å². The Morgan fingerprint density at radius 3 is 2.35 bits per heavy atom. The van der Waals surface area contributed by atoms with E-state index in [4.69, 9.17) is 32.7 Å².